The highest BCUT2D eigenvalue weighted by Gasteiger charge is 2.50. The van der Waals surface area contributed by atoms with E-state index in [0.29, 0.717) is 11.1 Å². The van der Waals surface area contributed by atoms with E-state index in [0.717, 1.165) is 28.5 Å². The standard InChI is InChI=1S/C47H32FN3SSi/c48-46(33-15-13-14-32(30-33)38-21-9-11-28-49-38)34-24-27-43-40(31-34)51(44-23-10-12-29-50-44)39-25-26-42-45(37-20-7-8-22-41(37)52-42)47(39)53(43,35-16-3-1-4-17-35)36-18-5-2-6-19-36/h1-31,46H. The number of rotatable bonds is 6. The summed E-state index contributed by atoms with van der Waals surface area (Å²) in [4.78, 5) is 11.7. The van der Waals surface area contributed by atoms with Crippen molar-refractivity contribution in [3.05, 3.63) is 199 Å². The van der Waals surface area contributed by atoms with Crippen molar-refractivity contribution < 1.29 is 4.39 Å². The Hall–Kier alpha value is -6.21. The van der Waals surface area contributed by atoms with Gasteiger partial charge in [0.1, 0.15) is 5.82 Å². The van der Waals surface area contributed by atoms with Gasteiger partial charge in [-0.25, -0.2) is 9.37 Å². The quantitative estimate of drug-likeness (QED) is 0.161. The van der Waals surface area contributed by atoms with Crippen LogP contribution in [0.25, 0.3) is 31.4 Å². The first-order valence-electron chi connectivity index (χ1n) is 17.8. The van der Waals surface area contributed by atoms with Gasteiger partial charge in [0, 0.05) is 49.5 Å². The third-order valence-corrected chi connectivity index (χ3v) is 16.6. The third kappa shape index (κ3) is 4.98. The lowest BCUT2D eigenvalue weighted by molar-refractivity contribution is 0.402. The molecule has 1 unspecified atom stereocenters. The summed E-state index contributed by atoms with van der Waals surface area (Å²) in [6.07, 6.45) is 2.25. The second-order valence-corrected chi connectivity index (χ2v) is 18.2. The number of anilines is 3. The average Bonchev–Trinajstić information content (AvgIpc) is 3.62. The summed E-state index contributed by atoms with van der Waals surface area (Å²) in [6.45, 7) is 0. The van der Waals surface area contributed by atoms with Gasteiger partial charge in [0.15, 0.2) is 14.2 Å². The van der Waals surface area contributed by atoms with E-state index in [2.05, 4.69) is 125 Å². The summed E-state index contributed by atoms with van der Waals surface area (Å²) in [5.74, 6) is 0.794. The maximum Gasteiger partial charge on any atom is 0.184 e. The van der Waals surface area contributed by atoms with Crippen molar-refractivity contribution in [1.82, 2.24) is 9.97 Å². The van der Waals surface area contributed by atoms with Gasteiger partial charge >= 0.3 is 0 Å². The molecule has 0 saturated carbocycles. The lowest BCUT2D eigenvalue weighted by Crippen LogP contribution is -2.77. The van der Waals surface area contributed by atoms with Crippen LogP contribution in [0.5, 0.6) is 0 Å². The summed E-state index contributed by atoms with van der Waals surface area (Å²) < 4.78 is 19.6. The lowest BCUT2D eigenvalue weighted by Gasteiger charge is -2.45. The topological polar surface area (TPSA) is 29.0 Å². The van der Waals surface area contributed by atoms with Crippen LogP contribution in [0.3, 0.4) is 0 Å². The number of pyridine rings is 2. The zero-order chi connectivity index (χ0) is 35.4. The summed E-state index contributed by atoms with van der Waals surface area (Å²) in [5.41, 5.74) is 4.93. The van der Waals surface area contributed by atoms with Crippen LogP contribution in [0.1, 0.15) is 17.3 Å². The molecule has 0 saturated heterocycles. The van der Waals surface area contributed by atoms with Gasteiger partial charge in [0.05, 0.1) is 5.69 Å². The summed E-state index contributed by atoms with van der Waals surface area (Å²) in [5, 5.41) is 7.64. The Bertz CT molecular complexity index is 2720. The number of aromatic nitrogens is 2. The Morgan fingerprint density at radius 3 is 1.98 bits per heavy atom. The molecule has 10 rings (SSSR count). The van der Waals surface area contributed by atoms with Crippen molar-refractivity contribution >= 4 is 77.5 Å². The van der Waals surface area contributed by atoms with E-state index in [9.17, 15) is 0 Å². The lowest BCUT2D eigenvalue weighted by atomic mass is 9.99. The fourth-order valence-electron chi connectivity index (χ4n) is 8.30. The van der Waals surface area contributed by atoms with E-state index in [-0.39, 0.29) is 0 Å². The molecule has 0 radical (unpaired) electrons. The van der Waals surface area contributed by atoms with Gasteiger partial charge < -0.3 is 0 Å². The second-order valence-electron chi connectivity index (χ2n) is 13.4. The monoisotopic (exact) mass is 717 g/mol. The molecule has 9 aromatic rings. The Balaban J connectivity index is 1.30. The van der Waals surface area contributed by atoms with E-state index in [4.69, 9.17) is 4.98 Å². The Kier molecular flexibility index (Phi) is 7.60. The van der Waals surface area contributed by atoms with Gasteiger partial charge in [0.25, 0.3) is 0 Å². The van der Waals surface area contributed by atoms with Crippen LogP contribution in [0.15, 0.2) is 188 Å². The smallest absolute Gasteiger partial charge is 0.184 e. The van der Waals surface area contributed by atoms with Crippen molar-refractivity contribution in [3.8, 4) is 11.3 Å². The number of thiophene rings is 1. The second kappa shape index (κ2) is 12.8. The van der Waals surface area contributed by atoms with E-state index in [1.54, 1.807) is 6.20 Å². The molecule has 1 atom stereocenters. The largest absolute Gasteiger partial charge is 0.295 e. The molecule has 3 nitrogen and oxygen atoms in total. The first-order valence-corrected chi connectivity index (χ1v) is 20.6. The van der Waals surface area contributed by atoms with E-state index < -0.39 is 14.2 Å². The molecule has 4 heterocycles. The molecule has 0 aliphatic carbocycles. The van der Waals surface area contributed by atoms with Crippen molar-refractivity contribution in [2.75, 3.05) is 4.90 Å². The Morgan fingerprint density at radius 1 is 0.547 bits per heavy atom. The zero-order valence-corrected chi connectivity index (χ0v) is 30.4. The van der Waals surface area contributed by atoms with Crippen LogP contribution in [0.4, 0.5) is 21.6 Å². The maximum absolute atomic E-state index is 17.1. The van der Waals surface area contributed by atoms with Gasteiger partial charge in [-0.1, -0.05) is 121 Å². The van der Waals surface area contributed by atoms with Crippen LogP contribution in [0.2, 0.25) is 0 Å². The van der Waals surface area contributed by atoms with Gasteiger partial charge in [-0.15, -0.1) is 11.3 Å². The first kappa shape index (κ1) is 31.5. The molecule has 6 heteroatoms. The van der Waals surface area contributed by atoms with Crippen molar-refractivity contribution in [2.45, 2.75) is 6.17 Å². The molecule has 252 valence electrons. The Morgan fingerprint density at radius 2 is 1.25 bits per heavy atom. The van der Waals surface area contributed by atoms with Crippen molar-refractivity contribution in [1.29, 1.82) is 0 Å². The van der Waals surface area contributed by atoms with Gasteiger partial charge in [0.2, 0.25) is 0 Å². The predicted molar refractivity (Wildman–Crippen MR) is 222 cm³/mol. The number of hydrogen-bond donors (Lipinski definition) is 0. The molecule has 0 fully saturated rings. The van der Waals surface area contributed by atoms with Crippen LogP contribution in [0, 0.1) is 0 Å². The molecule has 0 amide bonds. The molecular formula is C47H32FN3SSi. The zero-order valence-electron chi connectivity index (χ0n) is 28.6. The summed E-state index contributed by atoms with van der Waals surface area (Å²) in [6, 6.07) is 61.1. The Labute approximate surface area is 312 Å². The number of halogens is 1. The predicted octanol–water partition coefficient (Wildman–Crippen LogP) is 9.73. The minimum absolute atomic E-state index is 0.592. The summed E-state index contributed by atoms with van der Waals surface area (Å²) in [7, 11) is -3.08. The van der Waals surface area contributed by atoms with Crippen LogP contribution in [-0.4, -0.2) is 18.0 Å². The maximum atomic E-state index is 17.1. The summed E-state index contributed by atoms with van der Waals surface area (Å²) >= 11 is 1.84. The number of alkyl halides is 1. The number of benzene rings is 6. The van der Waals surface area contributed by atoms with Crippen LogP contribution >= 0.6 is 11.3 Å². The average molecular weight is 718 g/mol. The molecular weight excluding hydrogens is 686 g/mol. The van der Waals surface area contributed by atoms with Gasteiger partial charge in [-0.3, -0.25) is 9.88 Å². The van der Waals surface area contributed by atoms with E-state index >= 15 is 4.39 Å². The van der Waals surface area contributed by atoms with Crippen molar-refractivity contribution in [3.63, 3.8) is 0 Å². The van der Waals surface area contributed by atoms with Crippen LogP contribution in [-0.2, 0) is 0 Å². The molecule has 53 heavy (non-hydrogen) atoms. The van der Waals surface area contributed by atoms with Gasteiger partial charge in [-0.05, 0) is 86.5 Å². The number of nitrogens with zero attached hydrogens (tertiary/aromatic N) is 3. The highest BCUT2D eigenvalue weighted by Crippen LogP contribution is 2.44. The SMILES string of the molecule is FC(c1cccc(-c2ccccn2)c1)c1ccc2c(c1)N(c1ccccn1)c1ccc3sc4ccccc4c3c1[Si]2(c1ccccc1)c1ccccc1. The molecule has 0 spiro atoms. The minimum Gasteiger partial charge on any atom is -0.295 e. The highest BCUT2D eigenvalue weighted by molar-refractivity contribution is 7.28. The molecule has 0 N–H and O–H groups in total. The highest BCUT2D eigenvalue weighted by atomic mass is 32.1. The molecule has 3 aromatic heterocycles. The third-order valence-electron chi connectivity index (χ3n) is 10.5. The number of fused-ring (bicyclic) bond motifs is 6. The molecule has 6 aromatic carbocycles. The molecule has 1 aliphatic rings. The number of hydrogen-bond acceptors (Lipinski definition) is 4. The van der Waals surface area contributed by atoms with Crippen LogP contribution < -0.4 is 25.6 Å². The first-order chi connectivity index (χ1) is 26.2. The van der Waals surface area contributed by atoms with E-state index in [1.807, 2.05) is 78.2 Å². The molecule has 1 aliphatic heterocycles. The normalized spacial score (nSPS) is 13.8. The van der Waals surface area contributed by atoms with Gasteiger partial charge in [-0.2, -0.15) is 0 Å². The molecule has 0 bridgehead atoms. The fourth-order valence-corrected chi connectivity index (χ4v) is 14.8. The fraction of sp³-hybridized carbons (Fsp3) is 0.0213. The van der Waals surface area contributed by atoms with Crippen molar-refractivity contribution in [2.24, 2.45) is 0 Å². The minimum atomic E-state index is -3.08. The van der Waals surface area contributed by atoms with E-state index in [1.165, 1.54) is 40.9 Å².